The zero-order valence-corrected chi connectivity index (χ0v) is 26.4. The summed E-state index contributed by atoms with van der Waals surface area (Å²) < 4.78 is 130. The zero-order valence-electron chi connectivity index (χ0n) is 26.4. The summed E-state index contributed by atoms with van der Waals surface area (Å²) in [6.07, 6.45) is -12.7. The van der Waals surface area contributed by atoms with Crippen LogP contribution in [0.15, 0.2) is 59.8 Å². The Kier molecular flexibility index (Phi) is 9.02. The molecule has 0 radical (unpaired) electrons. The lowest BCUT2D eigenvalue weighted by atomic mass is 9.76. The van der Waals surface area contributed by atoms with Gasteiger partial charge in [-0.25, -0.2) is 0 Å². The summed E-state index contributed by atoms with van der Waals surface area (Å²) in [5.74, 6) is -0.853. The maximum Gasteiger partial charge on any atom is 0.416 e. The van der Waals surface area contributed by atoms with E-state index in [0.29, 0.717) is 29.0 Å². The minimum atomic E-state index is -5.07. The van der Waals surface area contributed by atoms with Crippen molar-refractivity contribution in [3.05, 3.63) is 88.0 Å². The van der Waals surface area contributed by atoms with Gasteiger partial charge in [-0.05, 0) is 116 Å². The fourth-order valence-electron chi connectivity index (χ4n) is 7.58. The average molecular weight is 698 g/mol. The number of rotatable bonds is 6. The summed E-state index contributed by atoms with van der Waals surface area (Å²) >= 11 is 0. The van der Waals surface area contributed by atoms with E-state index in [9.17, 15) is 44.3 Å². The second-order valence-corrected chi connectivity index (χ2v) is 13.0. The SMILES string of the molecule is COc1ccc([C@H]2CC[C@H](C(C)=O)CC2)cc1-c1ccc(C(F)(F)F)cc1[C@@H]1CC[C@@H]2C1=NO[C@@H]2c1cc(C(F)(F)F)cc(C(F)(F)F)c1. The summed E-state index contributed by atoms with van der Waals surface area (Å²) in [5, 5.41) is 4.09. The maximum absolute atomic E-state index is 14.1. The third-order valence-electron chi connectivity index (χ3n) is 10.1. The number of methoxy groups -OCH3 is 1. The normalized spacial score (nSPS) is 24.3. The molecule has 13 heteroatoms. The highest BCUT2D eigenvalue weighted by atomic mass is 19.4. The van der Waals surface area contributed by atoms with E-state index in [4.69, 9.17) is 9.57 Å². The number of hydrogen-bond acceptors (Lipinski definition) is 4. The number of ketones is 1. The number of hydrogen-bond donors (Lipinski definition) is 0. The Morgan fingerprint density at radius 2 is 1.35 bits per heavy atom. The van der Waals surface area contributed by atoms with Crippen LogP contribution in [0, 0.1) is 11.8 Å². The third-order valence-corrected chi connectivity index (χ3v) is 10.1. The molecule has 0 saturated heterocycles. The van der Waals surface area contributed by atoms with Crippen molar-refractivity contribution < 1.29 is 53.9 Å². The molecule has 262 valence electrons. The van der Waals surface area contributed by atoms with Crippen LogP contribution < -0.4 is 4.74 Å². The van der Waals surface area contributed by atoms with E-state index < -0.39 is 53.2 Å². The van der Waals surface area contributed by atoms with Gasteiger partial charge in [0.15, 0.2) is 6.10 Å². The highest BCUT2D eigenvalue weighted by molar-refractivity contribution is 5.97. The molecule has 49 heavy (non-hydrogen) atoms. The Balaban J connectivity index is 1.39. The monoisotopic (exact) mass is 697 g/mol. The van der Waals surface area contributed by atoms with Crippen molar-refractivity contribution in [1.29, 1.82) is 0 Å². The molecule has 6 rings (SSSR count). The van der Waals surface area contributed by atoms with Crippen LogP contribution in [0.5, 0.6) is 5.75 Å². The van der Waals surface area contributed by atoms with Crippen molar-refractivity contribution >= 4 is 11.5 Å². The number of halogens is 9. The van der Waals surface area contributed by atoms with Gasteiger partial charge in [0.25, 0.3) is 0 Å². The van der Waals surface area contributed by atoms with Crippen LogP contribution in [0.1, 0.15) is 96.8 Å². The highest BCUT2D eigenvalue weighted by Crippen LogP contribution is 2.52. The van der Waals surface area contributed by atoms with E-state index in [1.165, 1.54) is 13.2 Å². The Hall–Kier alpha value is -4.03. The van der Waals surface area contributed by atoms with E-state index in [1.54, 1.807) is 13.0 Å². The van der Waals surface area contributed by atoms with Crippen molar-refractivity contribution in [3.63, 3.8) is 0 Å². The number of ether oxygens (including phenoxy) is 1. The number of alkyl halides is 9. The third kappa shape index (κ3) is 6.90. The highest BCUT2D eigenvalue weighted by Gasteiger charge is 2.47. The Labute approximate surface area is 276 Å². The van der Waals surface area contributed by atoms with Crippen LogP contribution in [-0.4, -0.2) is 18.6 Å². The molecule has 1 heterocycles. The number of Topliss-reactive ketones (excluding diaryl/α,β-unsaturated/α-hetero) is 1. The predicted octanol–water partition coefficient (Wildman–Crippen LogP) is 10.9. The Morgan fingerprint density at radius 3 is 1.92 bits per heavy atom. The first kappa shape index (κ1) is 34.8. The minimum Gasteiger partial charge on any atom is -0.496 e. The fourth-order valence-corrected chi connectivity index (χ4v) is 7.58. The first-order chi connectivity index (χ1) is 23.0. The van der Waals surface area contributed by atoms with Gasteiger partial charge in [-0.1, -0.05) is 17.3 Å². The summed E-state index contributed by atoms with van der Waals surface area (Å²) in [6, 6.07) is 10.1. The van der Waals surface area contributed by atoms with Crippen molar-refractivity contribution in [3.8, 4) is 16.9 Å². The first-order valence-corrected chi connectivity index (χ1v) is 15.9. The molecule has 2 fully saturated rings. The predicted molar refractivity (Wildman–Crippen MR) is 162 cm³/mol. The molecule has 3 aromatic rings. The molecule has 0 N–H and O–H groups in total. The van der Waals surface area contributed by atoms with E-state index in [0.717, 1.165) is 43.4 Å². The molecule has 1 aliphatic heterocycles. The molecule has 0 bridgehead atoms. The molecule has 3 atom stereocenters. The van der Waals surface area contributed by atoms with Gasteiger partial charge in [-0.15, -0.1) is 0 Å². The van der Waals surface area contributed by atoms with Crippen LogP contribution in [0.25, 0.3) is 11.1 Å². The van der Waals surface area contributed by atoms with E-state index in [2.05, 4.69) is 5.16 Å². The molecule has 2 saturated carbocycles. The number of nitrogens with zero attached hydrogens (tertiary/aromatic N) is 1. The molecule has 0 unspecified atom stereocenters. The molecule has 0 amide bonds. The molecular weight excluding hydrogens is 665 g/mol. The first-order valence-electron chi connectivity index (χ1n) is 15.9. The quantitative estimate of drug-likeness (QED) is 0.241. The van der Waals surface area contributed by atoms with Gasteiger partial charge in [0.2, 0.25) is 0 Å². The van der Waals surface area contributed by atoms with Crippen molar-refractivity contribution in [2.24, 2.45) is 17.0 Å². The number of carbonyl (C=O) groups excluding carboxylic acids is 1. The van der Waals surface area contributed by atoms with Gasteiger partial charge in [-0.3, -0.25) is 4.79 Å². The molecule has 4 nitrogen and oxygen atoms in total. The number of benzene rings is 3. The number of fused-ring (bicyclic) bond motifs is 1. The van der Waals surface area contributed by atoms with Crippen LogP contribution in [0.3, 0.4) is 0 Å². The van der Waals surface area contributed by atoms with Crippen LogP contribution in [-0.2, 0) is 28.2 Å². The van der Waals surface area contributed by atoms with Gasteiger partial charge in [0.05, 0.1) is 29.5 Å². The molecule has 3 aliphatic rings. The molecule has 3 aromatic carbocycles. The number of oxime groups is 1. The van der Waals surface area contributed by atoms with E-state index in [1.807, 2.05) is 12.1 Å². The topological polar surface area (TPSA) is 47.9 Å². The maximum atomic E-state index is 14.1. The van der Waals surface area contributed by atoms with E-state index in [-0.39, 0.29) is 53.4 Å². The van der Waals surface area contributed by atoms with E-state index >= 15 is 0 Å². The second-order valence-electron chi connectivity index (χ2n) is 13.0. The largest absolute Gasteiger partial charge is 0.496 e. The van der Waals surface area contributed by atoms with Crippen molar-refractivity contribution in [2.75, 3.05) is 7.11 Å². The van der Waals surface area contributed by atoms with Gasteiger partial charge in [-0.2, -0.15) is 39.5 Å². The Bertz CT molecular complexity index is 1740. The summed E-state index contributed by atoms with van der Waals surface area (Å²) in [7, 11) is 1.44. The summed E-state index contributed by atoms with van der Waals surface area (Å²) in [4.78, 5) is 17.4. The standard InChI is InChI=1S/C36H32F9NO3/c1-18(47)19-3-5-20(6-4-19)21-7-12-31(48-2)30(15-21)26-9-8-23(34(37,38)39)17-29(26)27-10-11-28-32(27)46-49-33(28)22-13-24(35(40,41)42)16-25(14-22)36(43,44)45/h7-9,12-17,19-20,27-28,33H,3-6,10-11H2,1-2H3/t19-,20-,27-,28+,33+/m0/s1. The van der Waals surface area contributed by atoms with Crippen LogP contribution in [0.4, 0.5) is 39.5 Å². The second kappa shape index (κ2) is 12.7. The minimum absolute atomic E-state index is 0.0000149. The lowest BCUT2D eigenvalue weighted by molar-refractivity contribution is -0.143. The van der Waals surface area contributed by atoms with Gasteiger partial charge >= 0.3 is 18.5 Å². The van der Waals surface area contributed by atoms with Crippen LogP contribution >= 0.6 is 0 Å². The molecule has 0 aromatic heterocycles. The fraction of sp³-hybridized carbons (Fsp3) is 0.444. The average Bonchev–Trinajstić information content (AvgIpc) is 3.65. The van der Waals surface area contributed by atoms with Gasteiger partial charge in [0.1, 0.15) is 11.5 Å². The molecular formula is C36H32F9NO3. The van der Waals surface area contributed by atoms with Crippen LogP contribution in [0.2, 0.25) is 0 Å². The van der Waals surface area contributed by atoms with Gasteiger partial charge < -0.3 is 9.57 Å². The molecule has 0 spiro atoms. The number of carbonyl (C=O) groups is 1. The lowest BCUT2D eigenvalue weighted by Crippen LogP contribution is -2.19. The summed E-state index contributed by atoms with van der Waals surface area (Å²) in [5.41, 5.74) is -1.87. The Morgan fingerprint density at radius 1 is 0.714 bits per heavy atom. The smallest absolute Gasteiger partial charge is 0.416 e. The molecule has 2 aliphatic carbocycles. The zero-order chi connectivity index (χ0) is 35.5. The summed E-state index contributed by atoms with van der Waals surface area (Å²) in [6.45, 7) is 1.58. The van der Waals surface area contributed by atoms with Crippen molar-refractivity contribution in [1.82, 2.24) is 0 Å². The lowest BCUT2D eigenvalue weighted by Gasteiger charge is -2.28. The van der Waals surface area contributed by atoms with Gasteiger partial charge in [0, 0.05) is 23.3 Å². The van der Waals surface area contributed by atoms with Crippen molar-refractivity contribution in [2.45, 2.75) is 81.9 Å².